The maximum absolute atomic E-state index is 11.6. The van der Waals surface area contributed by atoms with Crippen LogP contribution in [0.1, 0.15) is 20.3 Å². The molecule has 2 amide bonds. The lowest BCUT2D eigenvalue weighted by molar-refractivity contribution is -0.129. The van der Waals surface area contributed by atoms with Crippen LogP contribution in [0, 0.1) is 5.92 Å². The van der Waals surface area contributed by atoms with E-state index < -0.39 is 6.10 Å². The van der Waals surface area contributed by atoms with Crippen molar-refractivity contribution in [1.29, 1.82) is 0 Å². The monoisotopic (exact) mass is 214 g/mol. The number of rotatable bonds is 4. The third-order valence-corrected chi connectivity index (χ3v) is 2.54. The molecule has 1 aliphatic heterocycles. The van der Waals surface area contributed by atoms with E-state index in [1.807, 2.05) is 6.92 Å². The summed E-state index contributed by atoms with van der Waals surface area (Å²) < 4.78 is 0. The predicted octanol–water partition coefficient (Wildman–Crippen LogP) is -0.648. The maximum atomic E-state index is 11.6. The number of nitrogens with zero attached hydrogens (tertiary/aromatic N) is 1. The molecule has 0 bridgehead atoms. The first-order valence-corrected chi connectivity index (χ1v) is 5.28. The van der Waals surface area contributed by atoms with E-state index >= 15 is 0 Å². The Hall–Kier alpha value is -1.10. The average Bonchev–Trinajstić information content (AvgIpc) is 2.56. The summed E-state index contributed by atoms with van der Waals surface area (Å²) in [6, 6.07) is 0. The van der Waals surface area contributed by atoms with Gasteiger partial charge >= 0.3 is 0 Å². The lowest BCUT2D eigenvalue weighted by atomic mass is 10.1. The minimum absolute atomic E-state index is 0.0368. The Bertz CT molecular complexity index is 253. The number of nitrogens with one attached hydrogen (secondary N) is 1. The minimum atomic E-state index is -0.548. The van der Waals surface area contributed by atoms with Crippen LogP contribution in [0.5, 0.6) is 0 Å². The van der Waals surface area contributed by atoms with Crippen molar-refractivity contribution in [3.05, 3.63) is 0 Å². The molecule has 0 aromatic rings. The number of aliphatic hydroxyl groups excluding tert-OH is 1. The topological polar surface area (TPSA) is 69.6 Å². The molecule has 5 heteroatoms. The highest BCUT2D eigenvalue weighted by atomic mass is 16.3. The Morgan fingerprint density at radius 3 is 2.87 bits per heavy atom. The van der Waals surface area contributed by atoms with Crippen molar-refractivity contribution >= 4 is 11.8 Å². The van der Waals surface area contributed by atoms with Crippen LogP contribution < -0.4 is 5.32 Å². The van der Waals surface area contributed by atoms with E-state index in [4.69, 9.17) is 5.11 Å². The van der Waals surface area contributed by atoms with Crippen molar-refractivity contribution < 1.29 is 14.7 Å². The minimum Gasteiger partial charge on any atom is -0.392 e. The largest absolute Gasteiger partial charge is 0.392 e. The molecular formula is C10H18N2O3. The average molecular weight is 214 g/mol. The Labute approximate surface area is 89.4 Å². The summed E-state index contributed by atoms with van der Waals surface area (Å²) in [6.07, 6.45) is -0.257. The summed E-state index contributed by atoms with van der Waals surface area (Å²) >= 11 is 0. The first kappa shape index (κ1) is 12.0. The summed E-state index contributed by atoms with van der Waals surface area (Å²) in [5, 5.41) is 11.6. The summed E-state index contributed by atoms with van der Waals surface area (Å²) in [7, 11) is 0. The number of aliphatic hydroxyl groups is 1. The van der Waals surface area contributed by atoms with E-state index in [9.17, 15) is 9.59 Å². The van der Waals surface area contributed by atoms with Gasteiger partial charge in [-0.3, -0.25) is 9.59 Å². The van der Waals surface area contributed by atoms with E-state index in [0.717, 1.165) is 0 Å². The van der Waals surface area contributed by atoms with Crippen molar-refractivity contribution in [2.45, 2.75) is 26.4 Å². The van der Waals surface area contributed by atoms with Crippen molar-refractivity contribution in [2.75, 3.05) is 19.6 Å². The summed E-state index contributed by atoms with van der Waals surface area (Å²) in [6.45, 7) is 4.90. The summed E-state index contributed by atoms with van der Waals surface area (Å²) in [4.78, 5) is 24.6. The van der Waals surface area contributed by atoms with Gasteiger partial charge in [-0.2, -0.15) is 0 Å². The Balaban J connectivity index is 2.39. The molecule has 0 spiro atoms. The predicted molar refractivity (Wildman–Crippen MR) is 55.1 cm³/mol. The molecule has 0 aromatic carbocycles. The Morgan fingerprint density at radius 2 is 2.40 bits per heavy atom. The molecule has 15 heavy (non-hydrogen) atoms. The van der Waals surface area contributed by atoms with Gasteiger partial charge in [-0.05, 0) is 13.8 Å². The van der Waals surface area contributed by atoms with Crippen LogP contribution in [0.4, 0.5) is 0 Å². The fourth-order valence-electron chi connectivity index (χ4n) is 1.65. The van der Waals surface area contributed by atoms with Crippen LogP contribution in [0.25, 0.3) is 0 Å². The smallest absolute Gasteiger partial charge is 0.225 e. The van der Waals surface area contributed by atoms with Gasteiger partial charge in [0.2, 0.25) is 11.8 Å². The Kier molecular flexibility index (Phi) is 4.08. The van der Waals surface area contributed by atoms with E-state index in [1.54, 1.807) is 11.8 Å². The second-order valence-electron chi connectivity index (χ2n) is 3.93. The van der Waals surface area contributed by atoms with E-state index in [1.165, 1.54) is 0 Å². The highest BCUT2D eigenvalue weighted by molar-refractivity contribution is 5.89. The highest BCUT2D eigenvalue weighted by Crippen LogP contribution is 2.17. The molecule has 0 aromatic heterocycles. The number of likely N-dealkylation sites (tertiary alicyclic amines) is 1. The van der Waals surface area contributed by atoms with Crippen molar-refractivity contribution in [1.82, 2.24) is 10.2 Å². The lowest BCUT2D eigenvalue weighted by Gasteiger charge is -2.14. The molecule has 0 aliphatic carbocycles. The van der Waals surface area contributed by atoms with Crippen LogP contribution in [0.3, 0.4) is 0 Å². The van der Waals surface area contributed by atoms with Crippen molar-refractivity contribution in [3.8, 4) is 0 Å². The van der Waals surface area contributed by atoms with E-state index in [0.29, 0.717) is 19.5 Å². The SMILES string of the molecule is CCN1CC(C(=O)NCC(C)O)CC1=O. The molecule has 2 unspecified atom stereocenters. The first-order chi connectivity index (χ1) is 7.04. The lowest BCUT2D eigenvalue weighted by Crippen LogP contribution is -2.36. The second-order valence-corrected chi connectivity index (χ2v) is 3.93. The molecule has 1 heterocycles. The number of amides is 2. The fourth-order valence-corrected chi connectivity index (χ4v) is 1.65. The summed E-state index contributed by atoms with van der Waals surface area (Å²) in [5.41, 5.74) is 0. The van der Waals surface area contributed by atoms with Crippen LogP contribution in [-0.4, -0.2) is 47.6 Å². The zero-order valence-corrected chi connectivity index (χ0v) is 9.19. The molecule has 5 nitrogen and oxygen atoms in total. The quantitative estimate of drug-likeness (QED) is 0.653. The van der Waals surface area contributed by atoms with Crippen LogP contribution in [-0.2, 0) is 9.59 Å². The van der Waals surface area contributed by atoms with Crippen LogP contribution >= 0.6 is 0 Å². The third-order valence-electron chi connectivity index (χ3n) is 2.54. The van der Waals surface area contributed by atoms with Gasteiger partial charge in [0.1, 0.15) is 0 Å². The van der Waals surface area contributed by atoms with Gasteiger partial charge in [-0.1, -0.05) is 0 Å². The van der Waals surface area contributed by atoms with Gasteiger partial charge in [-0.15, -0.1) is 0 Å². The van der Waals surface area contributed by atoms with Gasteiger partial charge in [0, 0.05) is 26.1 Å². The molecule has 2 atom stereocenters. The molecule has 2 N–H and O–H groups in total. The van der Waals surface area contributed by atoms with Gasteiger partial charge in [0.05, 0.1) is 12.0 Å². The number of carbonyl (C=O) groups is 2. The highest BCUT2D eigenvalue weighted by Gasteiger charge is 2.33. The van der Waals surface area contributed by atoms with E-state index in [-0.39, 0.29) is 24.3 Å². The molecule has 1 rings (SSSR count). The van der Waals surface area contributed by atoms with Crippen molar-refractivity contribution in [3.63, 3.8) is 0 Å². The third kappa shape index (κ3) is 3.20. The maximum Gasteiger partial charge on any atom is 0.225 e. The molecular weight excluding hydrogens is 196 g/mol. The van der Waals surface area contributed by atoms with Crippen molar-refractivity contribution in [2.24, 2.45) is 5.92 Å². The van der Waals surface area contributed by atoms with Crippen LogP contribution in [0.2, 0.25) is 0 Å². The fraction of sp³-hybridized carbons (Fsp3) is 0.800. The molecule has 1 fully saturated rings. The molecule has 0 saturated carbocycles. The van der Waals surface area contributed by atoms with Gasteiger partial charge < -0.3 is 15.3 Å². The molecule has 0 radical (unpaired) electrons. The molecule has 86 valence electrons. The van der Waals surface area contributed by atoms with Gasteiger partial charge in [-0.25, -0.2) is 0 Å². The number of hydrogen-bond donors (Lipinski definition) is 2. The second kappa shape index (κ2) is 5.11. The van der Waals surface area contributed by atoms with Gasteiger partial charge in [0.15, 0.2) is 0 Å². The molecule has 1 saturated heterocycles. The number of carbonyl (C=O) groups excluding carboxylic acids is 2. The standard InChI is InChI=1S/C10H18N2O3/c1-3-12-6-8(4-9(12)14)10(15)11-5-7(2)13/h7-8,13H,3-6H2,1-2H3,(H,11,15). The zero-order valence-electron chi connectivity index (χ0n) is 9.19. The van der Waals surface area contributed by atoms with Gasteiger partial charge in [0.25, 0.3) is 0 Å². The summed E-state index contributed by atoms with van der Waals surface area (Å²) in [5.74, 6) is -0.355. The van der Waals surface area contributed by atoms with Crippen LogP contribution in [0.15, 0.2) is 0 Å². The first-order valence-electron chi connectivity index (χ1n) is 5.28. The normalized spacial score (nSPS) is 23.0. The molecule has 1 aliphatic rings. The Morgan fingerprint density at radius 1 is 1.73 bits per heavy atom. The number of hydrogen-bond acceptors (Lipinski definition) is 3. The van der Waals surface area contributed by atoms with E-state index in [2.05, 4.69) is 5.32 Å². The zero-order chi connectivity index (χ0) is 11.4.